The fraction of sp³-hybridized carbons (Fsp3) is 0.200. The third kappa shape index (κ3) is 3.49. The number of anilines is 1. The summed E-state index contributed by atoms with van der Waals surface area (Å²) in [5.41, 5.74) is 2.16. The van der Waals surface area contributed by atoms with E-state index in [1.807, 2.05) is 19.1 Å². The van der Waals surface area contributed by atoms with Crippen LogP contribution < -0.4 is 15.6 Å². The largest absolute Gasteiger partial charge is 0.513 e. The first-order valence-electron chi connectivity index (χ1n) is 9.19. The molecule has 0 aliphatic carbocycles. The van der Waals surface area contributed by atoms with Crippen LogP contribution in [0.1, 0.15) is 13.8 Å². The Labute approximate surface area is 165 Å². The van der Waals surface area contributed by atoms with Crippen molar-refractivity contribution in [3.63, 3.8) is 0 Å². The molecule has 0 amide bonds. The highest BCUT2D eigenvalue weighted by Crippen LogP contribution is 2.32. The van der Waals surface area contributed by atoms with Crippen molar-refractivity contribution in [3.05, 3.63) is 47.0 Å². The number of nitrogens with one attached hydrogen (secondary N) is 3. The number of H-pyrrole nitrogens is 2. The molecule has 9 nitrogen and oxygen atoms in total. The summed E-state index contributed by atoms with van der Waals surface area (Å²) in [6.07, 6.45) is 2.32. The van der Waals surface area contributed by atoms with Crippen molar-refractivity contribution in [3.8, 4) is 17.0 Å². The highest BCUT2D eigenvalue weighted by Gasteiger charge is 2.17. The van der Waals surface area contributed by atoms with Gasteiger partial charge in [0.2, 0.25) is 5.95 Å². The minimum Gasteiger partial charge on any atom is -0.434 e. The van der Waals surface area contributed by atoms with E-state index in [1.54, 1.807) is 25.3 Å². The average Bonchev–Trinajstić information content (AvgIpc) is 3.13. The molecule has 3 N–H and O–H groups in total. The number of nitrogens with zero attached hydrogens (tertiary/aromatic N) is 2. The summed E-state index contributed by atoms with van der Waals surface area (Å²) in [5, 5.41) is 4.29. The average molecular weight is 393 g/mol. The molecule has 0 saturated heterocycles. The van der Waals surface area contributed by atoms with Crippen molar-refractivity contribution in [1.29, 1.82) is 0 Å². The Morgan fingerprint density at radius 1 is 1.24 bits per heavy atom. The lowest BCUT2D eigenvalue weighted by Crippen LogP contribution is -2.10. The Balaban J connectivity index is 1.89. The maximum atomic E-state index is 12.4. The maximum Gasteiger partial charge on any atom is 0.513 e. The van der Waals surface area contributed by atoms with Crippen molar-refractivity contribution < 1.29 is 14.3 Å². The second-order valence-corrected chi connectivity index (χ2v) is 6.20. The predicted molar refractivity (Wildman–Crippen MR) is 109 cm³/mol. The lowest BCUT2D eigenvalue weighted by atomic mass is 10.1. The zero-order valence-corrected chi connectivity index (χ0v) is 15.9. The third-order valence-corrected chi connectivity index (χ3v) is 4.35. The van der Waals surface area contributed by atoms with Crippen LogP contribution in [0.5, 0.6) is 5.75 Å². The number of fused-ring (bicyclic) bond motifs is 3. The maximum absolute atomic E-state index is 12.4. The molecule has 0 fully saturated rings. The van der Waals surface area contributed by atoms with Gasteiger partial charge in [-0.15, -0.1) is 0 Å². The molecule has 0 unspecified atom stereocenters. The first-order valence-corrected chi connectivity index (χ1v) is 9.19. The van der Waals surface area contributed by atoms with Crippen LogP contribution in [0.3, 0.4) is 0 Å². The van der Waals surface area contributed by atoms with Crippen LogP contribution in [-0.4, -0.2) is 39.2 Å². The molecular formula is C20H19N5O4. The Kier molecular flexibility index (Phi) is 4.86. The Morgan fingerprint density at radius 3 is 2.90 bits per heavy atom. The van der Waals surface area contributed by atoms with Gasteiger partial charge in [0.25, 0.3) is 5.56 Å². The van der Waals surface area contributed by atoms with Crippen LogP contribution in [0.4, 0.5) is 10.7 Å². The Bertz CT molecular complexity index is 1260. The summed E-state index contributed by atoms with van der Waals surface area (Å²) >= 11 is 0. The van der Waals surface area contributed by atoms with Crippen LogP contribution in [0, 0.1) is 0 Å². The molecule has 3 heterocycles. The summed E-state index contributed by atoms with van der Waals surface area (Å²) in [4.78, 5) is 38.6. The van der Waals surface area contributed by atoms with E-state index in [0.29, 0.717) is 34.3 Å². The fourth-order valence-corrected chi connectivity index (χ4v) is 3.14. The number of benzene rings is 1. The Morgan fingerprint density at radius 2 is 2.10 bits per heavy atom. The monoisotopic (exact) mass is 393 g/mol. The van der Waals surface area contributed by atoms with E-state index < -0.39 is 6.16 Å². The summed E-state index contributed by atoms with van der Waals surface area (Å²) in [6.45, 7) is 4.55. The lowest BCUT2D eigenvalue weighted by molar-refractivity contribution is 0.105. The van der Waals surface area contributed by atoms with E-state index in [0.717, 1.165) is 11.3 Å². The highest BCUT2D eigenvalue weighted by molar-refractivity contribution is 6.09. The van der Waals surface area contributed by atoms with Crippen molar-refractivity contribution in [2.24, 2.45) is 0 Å². The van der Waals surface area contributed by atoms with Crippen LogP contribution >= 0.6 is 0 Å². The van der Waals surface area contributed by atoms with E-state index in [1.165, 1.54) is 6.20 Å². The lowest BCUT2D eigenvalue weighted by Gasteiger charge is -2.08. The fourth-order valence-electron chi connectivity index (χ4n) is 3.14. The van der Waals surface area contributed by atoms with Gasteiger partial charge in [0.1, 0.15) is 5.52 Å². The van der Waals surface area contributed by atoms with Gasteiger partial charge >= 0.3 is 6.16 Å². The zero-order valence-electron chi connectivity index (χ0n) is 15.9. The van der Waals surface area contributed by atoms with Gasteiger partial charge in [-0.2, -0.15) is 0 Å². The molecule has 0 atom stereocenters. The van der Waals surface area contributed by atoms with Crippen molar-refractivity contribution >= 4 is 33.9 Å². The number of aromatic amines is 2. The van der Waals surface area contributed by atoms with Crippen molar-refractivity contribution in [1.82, 2.24) is 19.9 Å². The number of hydrogen-bond acceptors (Lipinski definition) is 7. The molecule has 4 rings (SSSR count). The highest BCUT2D eigenvalue weighted by atomic mass is 16.7. The number of hydrogen-bond donors (Lipinski definition) is 3. The number of ether oxygens (including phenoxy) is 2. The van der Waals surface area contributed by atoms with Crippen LogP contribution in [0.2, 0.25) is 0 Å². The summed E-state index contributed by atoms with van der Waals surface area (Å²) < 4.78 is 10.1. The second-order valence-electron chi connectivity index (χ2n) is 6.20. The Hall–Kier alpha value is -3.88. The summed E-state index contributed by atoms with van der Waals surface area (Å²) in [5.74, 6) is 0.757. The van der Waals surface area contributed by atoms with E-state index in [2.05, 4.69) is 25.3 Å². The molecular weight excluding hydrogens is 374 g/mol. The van der Waals surface area contributed by atoms with Crippen molar-refractivity contribution in [2.75, 3.05) is 18.5 Å². The molecule has 3 aromatic heterocycles. The van der Waals surface area contributed by atoms with Gasteiger partial charge in [0.15, 0.2) is 5.75 Å². The standard InChI is InChI=1S/C20H19N5O4/c1-3-21-19-22-8-7-13(25-19)11-5-6-14-12(9-11)16-15(29-20(27)28-4-2)10-23-17(16)18(26)24-14/h5-10,23H,3-4H2,1-2H3,(H,24,26)(H,21,22,25). The van der Waals surface area contributed by atoms with Crippen LogP contribution in [0.15, 0.2) is 41.5 Å². The van der Waals surface area contributed by atoms with E-state index in [9.17, 15) is 9.59 Å². The molecule has 9 heteroatoms. The second kappa shape index (κ2) is 7.63. The van der Waals surface area contributed by atoms with Gasteiger partial charge in [-0.05, 0) is 32.0 Å². The minimum absolute atomic E-state index is 0.189. The number of pyridine rings is 1. The topological polar surface area (TPSA) is 122 Å². The molecule has 0 aliphatic rings. The van der Waals surface area contributed by atoms with Gasteiger partial charge in [0, 0.05) is 35.4 Å². The summed E-state index contributed by atoms with van der Waals surface area (Å²) in [6, 6.07) is 7.35. The molecule has 29 heavy (non-hydrogen) atoms. The third-order valence-electron chi connectivity index (χ3n) is 4.35. The number of rotatable bonds is 5. The smallest absolute Gasteiger partial charge is 0.434 e. The van der Waals surface area contributed by atoms with Gasteiger partial charge in [-0.25, -0.2) is 14.8 Å². The predicted octanol–water partition coefficient (Wildman–Crippen LogP) is 3.43. The molecule has 0 radical (unpaired) electrons. The molecule has 0 saturated carbocycles. The molecule has 4 aromatic rings. The van der Waals surface area contributed by atoms with Crippen LogP contribution in [0.25, 0.3) is 33.1 Å². The zero-order chi connectivity index (χ0) is 20.4. The van der Waals surface area contributed by atoms with Crippen molar-refractivity contribution in [2.45, 2.75) is 13.8 Å². The first-order chi connectivity index (χ1) is 14.1. The van der Waals surface area contributed by atoms with E-state index >= 15 is 0 Å². The number of carbonyl (C=O) groups is 1. The quantitative estimate of drug-likeness (QED) is 0.444. The van der Waals surface area contributed by atoms with Gasteiger partial charge in [-0.3, -0.25) is 4.79 Å². The molecule has 0 aliphatic heterocycles. The minimum atomic E-state index is -0.830. The molecule has 1 aromatic carbocycles. The van der Waals surface area contributed by atoms with Gasteiger partial charge < -0.3 is 24.8 Å². The molecule has 0 bridgehead atoms. The molecule has 148 valence electrons. The normalized spacial score (nSPS) is 11.0. The van der Waals surface area contributed by atoms with E-state index in [-0.39, 0.29) is 17.9 Å². The SMILES string of the molecule is CCNc1nccc(-c2ccc3[nH]c(=O)c4[nH]cc(OC(=O)OCC)c4c3c2)n1. The van der Waals surface area contributed by atoms with Gasteiger partial charge in [-0.1, -0.05) is 6.07 Å². The van der Waals surface area contributed by atoms with E-state index in [4.69, 9.17) is 9.47 Å². The first kappa shape index (κ1) is 18.5. The van der Waals surface area contributed by atoms with Gasteiger partial charge in [0.05, 0.1) is 17.7 Å². The molecule has 0 spiro atoms. The summed E-state index contributed by atoms with van der Waals surface area (Å²) in [7, 11) is 0. The number of aromatic nitrogens is 4. The number of carbonyl (C=O) groups excluding carboxylic acids is 1. The van der Waals surface area contributed by atoms with Crippen LogP contribution in [-0.2, 0) is 4.74 Å².